The molecular formula is C11H14ClNO3. The third-order valence-electron chi connectivity index (χ3n) is 1.66. The molecule has 0 aromatic heterocycles. The van der Waals surface area contributed by atoms with Crippen molar-refractivity contribution in [3.05, 3.63) is 28.8 Å². The Morgan fingerprint density at radius 3 is 2.56 bits per heavy atom. The number of amides is 1. The van der Waals surface area contributed by atoms with E-state index in [1.54, 1.807) is 0 Å². The lowest BCUT2D eigenvalue weighted by Crippen LogP contribution is -2.33. The fourth-order valence-corrected chi connectivity index (χ4v) is 1.03. The van der Waals surface area contributed by atoms with Crippen LogP contribution in [0.1, 0.15) is 31.1 Å². The Balaban J connectivity index is 2.70. The third-order valence-corrected chi connectivity index (χ3v) is 1.98. The van der Waals surface area contributed by atoms with Gasteiger partial charge in [0.15, 0.2) is 0 Å². The average molecular weight is 244 g/mol. The Labute approximate surface area is 99.1 Å². The van der Waals surface area contributed by atoms with E-state index < -0.39 is 11.5 Å². The number of aromatic hydroxyl groups is 1. The van der Waals surface area contributed by atoms with Crippen molar-refractivity contribution < 1.29 is 14.7 Å². The number of benzene rings is 1. The number of halogens is 1. The van der Waals surface area contributed by atoms with Crippen molar-refractivity contribution in [2.45, 2.75) is 26.4 Å². The number of carbonyl (C=O) groups excluding carboxylic acids is 1. The van der Waals surface area contributed by atoms with Crippen LogP contribution in [0.3, 0.4) is 0 Å². The summed E-state index contributed by atoms with van der Waals surface area (Å²) in [4.78, 5) is 16.7. The van der Waals surface area contributed by atoms with E-state index in [2.05, 4.69) is 5.48 Å². The lowest BCUT2D eigenvalue weighted by atomic mass is 10.2. The molecule has 0 heterocycles. The van der Waals surface area contributed by atoms with Crippen molar-refractivity contribution >= 4 is 17.5 Å². The summed E-state index contributed by atoms with van der Waals surface area (Å²) in [6.07, 6.45) is 0. The molecule has 4 nitrogen and oxygen atoms in total. The van der Waals surface area contributed by atoms with E-state index in [0.29, 0.717) is 0 Å². The molecule has 88 valence electrons. The number of rotatable bonds is 2. The van der Waals surface area contributed by atoms with Crippen LogP contribution in [-0.4, -0.2) is 16.6 Å². The van der Waals surface area contributed by atoms with Gasteiger partial charge in [0.25, 0.3) is 5.91 Å². The predicted molar refractivity (Wildman–Crippen MR) is 61.4 cm³/mol. The van der Waals surface area contributed by atoms with E-state index in [4.69, 9.17) is 16.4 Å². The molecule has 0 bridgehead atoms. The lowest BCUT2D eigenvalue weighted by Gasteiger charge is -2.18. The summed E-state index contributed by atoms with van der Waals surface area (Å²) < 4.78 is 0. The van der Waals surface area contributed by atoms with Gasteiger partial charge in [-0.2, -0.15) is 0 Å². The molecule has 0 aliphatic rings. The van der Waals surface area contributed by atoms with Gasteiger partial charge in [0.2, 0.25) is 0 Å². The zero-order valence-corrected chi connectivity index (χ0v) is 10.1. The standard InChI is InChI=1S/C11H14ClNO3/c1-11(2,3)16-13-10(15)7-4-5-8(12)9(14)6-7/h4-6,14H,1-3H3,(H,13,15). The normalized spacial score (nSPS) is 11.2. The van der Waals surface area contributed by atoms with Crippen LogP contribution in [-0.2, 0) is 4.84 Å². The first-order chi connectivity index (χ1) is 7.29. The molecule has 0 saturated carbocycles. The van der Waals surface area contributed by atoms with Gasteiger partial charge in [-0.3, -0.25) is 9.63 Å². The molecule has 0 aliphatic heterocycles. The predicted octanol–water partition coefficient (Wildman–Crippen LogP) is 2.51. The van der Waals surface area contributed by atoms with Crippen molar-refractivity contribution in [3.8, 4) is 5.75 Å². The molecule has 1 rings (SSSR count). The summed E-state index contributed by atoms with van der Waals surface area (Å²) in [7, 11) is 0. The number of hydroxylamine groups is 1. The second-order valence-electron chi connectivity index (χ2n) is 4.31. The van der Waals surface area contributed by atoms with Crippen LogP contribution in [0.4, 0.5) is 0 Å². The Hall–Kier alpha value is -1.26. The van der Waals surface area contributed by atoms with Crippen molar-refractivity contribution in [2.24, 2.45) is 0 Å². The highest BCUT2D eigenvalue weighted by molar-refractivity contribution is 6.32. The Bertz CT molecular complexity index is 399. The van der Waals surface area contributed by atoms with Crippen molar-refractivity contribution in [1.29, 1.82) is 0 Å². The topological polar surface area (TPSA) is 58.6 Å². The van der Waals surface area contributed by atoms with Crippen molar-refractivity contribution in [2.75, 3.05) is 0 Å². The fraction of sp³-hybridized carbons (Fsp3) is 0.364. The minimum absolute atomic E-state index is 0.134. The summed E-state index contributed by atoms with van der Waals surface area (Å²) >= 11 is 5.62. The molecule has 0 saturated heterocycles. The average Bonchev–Trinajstić information content (AvgIpc) is 2.17. The highest BCUT2D eigenvalue weighted by Gasteiger charge is 2.14. The summed E-state index contributed by atoms with van der Waals surface area (Å²) in [6.45, 7) is 5.44. The summed E-state index contributed by atoms with van der Waals surface area (Å²) in [5, 5.41) is 9.53. The second-order valence-corrected chi connectivity index (χ2v) is 4.72. The quantitative estimate of drug-likeness (QED) is 0.785. The molecule has 1 amide bonds. The largest absolute Gasteiger partial charge is 0.506 e. The number of hydrogen-bond donors (Lipinski definition) is 2. The molecule has 2 N–H and O–H groups in total. The van der Waals surface area contributed by atoms with Gasteiger partial charge in [-0.25, -0.2) is 5.48 Å². The van der Waals surface area contributed by atoms with Gasteiger partial charge in [-0.1, -0.05) is 11.6 Å². The number of hydrogen-bond acceptors (Lipinski definition) is 3. The Kier molecular flexibility index (Phi) is 3.78. The van der Waals surface area contributed by atoms with Crippen LogP contribution >= 0.6 is 11.6 Å². The van der Waals surface area contributed by atoms with Crippen LogP contribution in [0.25, 0.3) is 0 Å². The molecule has 0 fully saturated rings. The fourth-order valence-electron chi connectivity index (χ4n) is 0.912. The van der Waals surface area contributed by atoms with Crippen LogP contribution in [0.5, 0.6) is 5.75 Å². The van der Waals surface area contributed by atoms with Gasteiger partial charge >= 0.3 is 0 Å². The van der Waals surface area contributed by atoms with E-state index in [0.717, 1.165) is 0 Å². The van der Waals surface area contributed by atoms with Gasteiger partial charge in [-0.05, 0) is 39.0 Å². The molecular weight excluding hydrogens is 230 g/mol. The molecule has 0 spiro atoms. The van der Waals surface area contributed by atoms with Gasteiger partial charge in [0.05, 0.1) is 10.6 Å². The lowest BCUT2D eigenvalue weighted by molar-refractivity contribution is -0.0589. The Morgan fingerprint density at radius 2 is 2.06 bits per heavy atom. The van der Waals surface area contributed by atoms with Crippen molar-refractivity contribution in [3.63, 3.8) is 0 Å². The zero-order chi connectivity index (χ0) is 12.3. The SMILES string of the molecule is CC(C)(C)ONC(=O)c1ccc(Cl)c(O)c1. The van der Waals surface area contributed by atoms with Crippen LogP contribution in [0.2, 0.25) is 5.02 Å². The first-order valence-electron chi connectivity index (χ1n) is 4.76. The number of nitrogens with one attached hydrogen (secondary N) is 1. The molecule has 0 atom stereocenters. The third kappa shape index (κ3) is 3.72. The molecule has 1 aromatic rings. The highest BCUT2D eigenvalue weighted by Crippen LogP contribution is 2.23. The molecule has 0 radical (unpaired) electrons. The molecule has 0 aliphatic carbocycles. The highest BCUT2D eigenvalue weighted by atomic mass is 35.5. The Morgan fingerprint density at radius 1 is 1.44 bits per heavy atom. The first kappa shape index (κ1) is 12.8. The molecule has 5 heteroatoms. The van der Waals surface area contributed by atoms with Gasteiger partial charge in [0, 0.05) is 5.56 Å². The first-order valence-corrected chi connectivity index (χ1v) is 5.14. The van der Waals surface area contributed by atoms with E-state index in [1.807, 2.05) is 20.8 Å². The maximum absolute atomic E-state index is 11.6. The summed E-state index contributed by atoms with van der Waals surface area (Å²) in [5.41, 5.74) is 2.11. The minimum Gasteiger partial charge on any atom is -0.506 e. The summed E-state index contributed by atoms with van der Waals surface area (Å²) in [6, 6.07) is 4.23. The van der Waals surface area contributed by atoms with Crippen LogP contribution in [0, 0.1) is 0 Å². The van der Waals surface area contributed by atoms with E-state index >= 15 is 0 Å². The molecule has 0 unspecified atom stereocenters. The smallest absolute Gasteiger partial charge is 0.274 e. The van der Waals surface area contributed by atoms with E-state index in [1.165, 1.54) is 18.2 Å². The molecule has 16 heavy (non-hydrogen) atoms. The van der Waals surface area contributed by atoms with Crippen LogP contribution in [0.15, 0.2) is 18.2 Å². The maximum Gasteiger partial charge on any atom is 0.274 e. The number of phenols is 1. The second kappa shape index (κ2) is 4.72. The number of phenolic OH excluding ortho intramolecular Hbond substituents is 1. The van der Waals surface area contributed by atoms with Crippen LogP contribution < -0.4 is 5.48 Å². The summed E-state index contributed by atoms with van der Waals surface area (Å²) in [5.74, 6) is -0.563. The van der Waals surface area contributed by atoms with Gasteiger partial charge in [-0.15, -0.1) is 0 Å². The van der Waals surface area contributed by atoms with Gasteiger partial charge < -0.3 is 5.11 Å². The van der Waals surface area contributed by atoms with E-state index in [-0.39, 0.29) is 16.3 Å². The monoisotopic (exact) mass is 243 g/mol. The van der Waals surface area contributed by atoms with Crippen molar-refractivity contribution in [1.82, 2.24) is 5.48 Å². The minimum atomic E-state index is -0.468. The number of carbonyl (C=O) groups is 1. The van der Waals surface area contributed by atoms with Gasteiger partial charge in [0.1, 0.15) is 5.75 Å². The van der Waals surface area contributed by atoms with E-state index in [9.17, 15) is 9.90 Å². The maximum atomic E-state index is 11.6. The molecule has 1 aromatic carbocycles. The zero-order valence-electron chi connectivity index (χ0n) is 9.37.